The monoisotopic (exact) mass is 344 g/mol. The maximum atomic E-state index is 12.9. The second-order valence-corrected chi connectivity index (χ2v) is 5.79. The molecule has 0 bridgehead atoms. The number of anilines is 1. The molecule has 3 aromatic carbocycles. The standard InChI is InChI=1S/C20H12N2O4/c23-19-15-10-6-12-17(22(25)26)18(15)20(24)21(19)16-11-5-4-9-14(16)13-7-2-1-3-8-13/h1-12H. The van der Waals surface area contributed by atoms with Crippen molar-refractivity contribution in [2.75, 3.05) is 4.90 Å². The summed E-state index contributed by atoms with van der Waals surface area (Å²) in [6.45, 7) is 0. The van der Waals surface area contributed by atoms with Gasteiger partial charge in [-0.1, -0.05) is 54.6 Å². The first-order valence-corrected chi connectivity index (χ1v) is 7.90. The Balaban J connectivity index is 1.90. The zero-order valence-electron chi connectivity index (χ0n) is 13.5. The molecule has 0 unspecified atom stereocenters. The highest BCUT2D eigenvalue weighted by Gasteiger charge is 2.42. The van der Waals surface area contributed by atoms with Gasteiger partial charge in [0.15, 0.2) is 0 Å². The van der Waals surface area contributed by atoms with Crippen LogP contribution in [-0.4, -0.2) is 16.7 Å². The summed E-state index contributed by atoms with van der Waals surface area (Å²) >= 11 is 0. The zero-order valence-corrected chi connectivity index (χ0v) is 13.5. The van der Waals surface area contributed by atoms with E-state index < -0.39 is 16.7 Å². The number of amides is 2. The van der Waals surface area contributed by atoms with Crippen LogP contribution >= 0.6 is 0 Å². The van der Waals surface area contributed by atoms with Crippen LogP contribution in [0.25, 0.3) is 11.1 Å². The van der Waals surface area contributed by atoms with Crippen LogP contribution in [0.15, 0.2) is 72.8 Å². The van der Waals surface area contributed by atoms with Gasteiger partial charge >= 0.3 is 0 Å². The minimum absolute atomic E-state index is 0.0482. The van der Waals surface area contributed by atoms with Crippen LogP contribution in [0.2, 0.25) is 0 Å². The third-order valence-electron chi connectivity index (χ3n) is 4.32. The summed E-state index contributed by atoms with van der Waals surface area (Å²) in [5.41, 5.74) is 1.47. The Morgan fingerprint density at radius 2 is 1.38 bits per heavy atom. The van der Waals surface area contributed by atoms with Gasteiger partial charge in [-0.05, 0) is 17.7 Å². The Kier molecular flexibility index (Phi) is 3.58. The van der Waals surface area contributed by atoms with Gasteiger partial charge in [0.2, 0.25) is 0 Å². The molecule has 26 heavy (non-hydrogen) atoms. The van der Waals surface area contributed by atoms with Gasteiger partial charge in [0.25, 0.3) is 17.5 Å². The van der Waals surface area contributed by atoms with E-state index in [4.69, 9.17) is 0 Å². The summed E-state index contributed by atoms with van der Waals surface area (Å²) in [4.78, 5) is 37.4. The third-order valence-corrected chi connectivity index (χ3v) is 4.32. The molecule has 6 nitrogen and oxygen atoms in total. The average molecular weight is 344 g/mol. The van der Waals surface area contributed by atoms with Gasteiger partial charge in [-0.2, -0.15) is 0 Å². The van der Waals surface area contributed by atoms with Crippen molar-refractivity contribution in [1.29, 1.82) is 0 Å². The largest absolute Gasteiger partial charge is 0.283 e. The molecule has 0 aliphatic carbocycles. The van der Waals surface area contributed by atoms with E-state index in [0.717, 1.165) is 10.5 Å². The maximum absolute atomic E-state index is 12.9. The van der Waals surface area contributed by atoms with Crippen molar-refractivity contribution < 1.29 is 14.5 Å². The minimum Gasteiger partial charge on any atom is -0.268 e. The van der Waals surface area contributed by atoms with Crippen molar-refractivity contribution in [3.63, 3.8) is 0 Å². The predicted molar refractivity (Wildman–Crippen MR) is 96.1 cm³/mol. The molecule has 4 rings (SSSR count). The van der Waals surface area contributed by atoms with Gasteiger partial charge in [0.05, 0.1) is 16.2 Å². The number of nitro groups is 1. The molecule has 1 aliphatic heterocycles. The van der Waals surface area contributed by atoms with Crippen LogP contribution in [0.1, 0.15) is 20.7 Å². The number of benzene rings is 3. The summed E-state index contributed by atoms with van der Waals surface area (Å²) in [6.07, 6.45) is 0. The first-order chi connectivity index (χ1) is 12.6. The number of nitrogens with zero attached hydrogens (tertiary/aromatic N) is 2. The second kappa shape index (κ2) is 5.93. The molecule has 126 valence electrons. The van der Waals surface area contributed by atoms with Crippen LogP contribution in [0.3, 0.4) is 0 Å². The molecule has 0 fully saturated rings. The number of hydrogen-bond acceptors (Lipinski definition) is 4. The number of para-hydroxylation sites is 1. The van der Waals surface area contributed by atoms with Gasteiger partial charge < -0.3 is 0 Å². The van der Waals surface area contributed by atoms with Crippen LogP contribution < -0.4 is 4.90 Å². The number of carbonyl (C=O) groups excluding carboxylic acids is 2. The van der Waals surface area contributed by atoms with Crippen molar-refractivity contribution in [2.45, 2.75) is 0 Å². The number of nitro benzene ring substituents is 1. The Bertz CT molecular complexity index is 1060. The normalized spacial score (nSPS) is 13.0. The van der Waals surface area contributed by atoms with Crippen molar-refractivity contribution in [3.8, 4) is 11.1 Å². The Hall–Kier alpha value is -3.80. The fraction of sp³-hybridized carbons (Fsp3) is 0. The number of rotatable bonds is 3. The molecular weight excluding hydrogens is 332 g/mol. The average Bonchev–Trinajstić information content (AvgIpc) is 2.93. The maximum Gasteiger partial charge on any atom is 0.283 e. The fourth-order valence-corrected chi connectivity index (χ4v) is 3.17. The quantitative estimate of drug-likeness (QED) is 0.408. The molecule has 2 amide bonds. The molecule has 0 saturated carbocycles. The highest BCUT2D eigenvalue weighted by atomic mass is 16.6. The highest BCUT2D eigenvalue weighted by Crippen LogP contribution is 2.38. The van der Waals surface area contributed by atoms with Crippen molar-refractivity contribution in [1.82, 2.24) is 0 Å². The van der Waals surface area contributed by atoms with E-state index in [1.165, 1.54) is 18.2 Å². The summed E-state index contributed by atoms with van der Waals surface area (Å²) in [6, 6.07) is 20.4. The van der Waals surface area contributed by atoms with Crippen molar-refractivity contribution in [3.05, 3.63) is 94.0 Å². The van der Waals surface area contributed by atoms with Gasteiger partial charge in [0.1, 0.15) is 5.56 Å². The molecule has 0 spiro atoms. The minimum atomic E-state index is -0.680. The Labute approximate surface area is 148 Å². The lowest BCUT2D eigenvalue weighted by molar-refractivity contribution is -0.385. The molecule has 1 heterocycles. The Morgan fingerprint density at radius 3 is 2.12 bits per heavy atom. The molecule has 3 aromatic rings. The van der Waals surface area contributed by atoms with Gasteiger partial charge in [-0.25, -0.2) is 4.90 Å². The molecular formula is C20H12N2O4. The smallest absolute Gasteiger partial charge is 0.268 e. The lowest BCUT2D eigenvalue weighted by Gasteiger charge is -2.18. The first-order valence-electron chi connectivity index (χ1n) is 7.90. The SMILES string of the molecule is O=C1c2cccc([N+](=O)[O-])c2C(=O)N1c1ccccc1-c1ccccc1. The number of imide groups is 1. The Morgan fingerprint density at radius 1 is 0.731 bits per heavy atom. The predicted octanol–water partition coefficient (Wildman–Crippen LogP) is 4.06. The van der Waals surface area contributed by atoms with Crippen molar-refractivity contribution in [2.24, 2.45) is 0 Å². The summed E-state index contributed by atoms with van der Waals surface area (Å²) in [7, 11) is 0. The second-order valence-electron chi connectivity index (χ2n) is 5.79. The summed E-state index contributed by atoms with van der Waals surface area (Å²) in [5, 5.41) is 11.3. The molecule has 6 heteroatoms. The molecule has 1 aliphatic rings. The number of fused-ring (bicyclic) bond motifs is 1. The van der Waals surface area contributed by atoms with Crippen LogP contribution in [0.4, 0.5) is 11.4 Å². The van der Waals surface area contributed by atoms with E-state index >= 15 is 0 Å². The third kappa shape index (κ3) is 2.28. The lowest BCUT2D eigenvalue weighted by Crippen LogP contribution is -2.30. The molecule has 0 aromatic heterocycles. The molecule has 0 N–H and O–H groups in total. The van der Waals surface area contributed by atoms with E-state index in [1.54, 1.807) is 12.1 Å². The fourth-order valence-electron chi connectivity index (χ4n) is 3.17. The van der Waals surface area contributed by atoms with E-state index in [0.29, 0.717) is 11.3 Å². The molecule has 0 radical (unpaired) electrons. The topological polar surface area (TPSA) is 80.5 Å². The van der Waals surface area contributed by atoms with E-state index in [-0.39, 0.29) is 16.8 Å². The summed E-state index contributed by atoms with van der Waals surface area (Å²) < 4.78 is 0. The summed E-state index contributed by atoms with van der Waals surface area (Å²) in [5.74, 6) is -1.24. The van der Waals surface area contributed by atoms with E-state index in [9.17, 15) is 19.7 Å². The van der Waals surface area contributed by atoms with Crippen LogP contribution in [0, 0.1) is 10.1 Å². The number of carbonyl (C=O) groups is 2. The van der Waals surface area contributed by atoms with Crippen molar-refractivity contribution >= 4 is 23.2 Å². The zero-order chi connectivity index (χ0) is 18.3. The van der Waals surface area contributed by atoms with E-state index in [1.807, 2.05) is 42.5 Å². The van der Waals surface area contributed by atoms with Gasteiger partial charge in [0, 0.05) is 11.6 Å². The highest BCUT2D eigenvalue weighted by molar-refractivity contribution is 6.36. The van der Waals surface area contributed by atoms with Crippen LogP contribution in [0.5, 0.6) is 0 Å². The van der Waals surface area contributed by atoms with Gasteiger partial charge in [-0.15, -0.1) is 0 Å². The molecule has 0 saturated heterocycles. The van der Waals surface area contributed by atoms with Gasteiger partial charge in [-0.3, -0.25) is 19.7 Å². The van der Waals surface area contributed by atoms with E-state index in [2.05, 4.69) is 0 Å². The number of hydrogen-bond donors (Lipinski definition) is 0. The first kappa shape index (κ1) is 15.7. The van der Waals surface area contributed by atoms with Crippen LogP contribution in [-0.2, 0) is 0 Å². The molecule has 0 atom stereocenters. The lowest BCUT2D eigenvalue weighted by atomic mass is 10.0.